The molecule has 0 radical (unpaired) electrons. The van der Waals surface area contributed by atoms with Crippen LogP contribution in [0.3, 0.4) is 0 Å². The van der Waals surface area contributed by atoms with Crippen LogP contribution in [0.4, 0.5) is 29.5 Å². The Balaban J connectivity index is 1.34. The molecule has 194 valence electrons. The third-order valence-electron chi connectivity index (χ3n) is 5.09. The Kier molecular flexibility index (Phi) is 6.88. The van der Waals surface area contributed by atoms with E-state index in [1.807, 2.05) is 11.8 Å². The van der Waals surface area contributed by atoms with E-state index in [2.05, 4.69) is 24.3 Å². The maximum absolute atomic E-state index is 14.2. The average molecular weight is 532 g/mol. The fourth-order valence-corrected chi connectivity index (χ4v) is 3.90. The molecular formula is C20H20F4N6O5S. The number of hydrogen-bond donors (Lipinski definition) is 0. The number of benzene rings is 1. The number of alkyl halides is 3. The fourth-order valence-electron chi connectivity index (χ4n) is 3.45. The molecule has 1 aromatic carbocycles. The second kappa shape index (κ2) is 9.75. The van der Waals surface area contributed by atoms with Gasteiger partial charge in [0.15, 0.2) is 5.75 Å². The lowest BCUT2D eigenvalue weighted by Gasteiger charge is -2.38. The van der Waals surface area contributed by atoms with Crippen molar-refractivity contribution in [2.45, 2.75) is 25.7 Å². The minimum Gasteiger partial charge on any atom is -0.486 e. The molecule has 0 bridgehead atoms. The van der Waals surface area contributed by atoms with Crippen molar-refractivity contribution in [3.05, 3.63) is 47.9 Å². The largest absolute Gasteiger partial charge is 0.486 e. The zero-order valence-corrected chi connectivity index (χ0v) is 19.8. The summed E-state index contributed by atoms with van der Waals surface area (Å²) in [6.07, 6.45) is -1.03. The van der Waals surface area contributed by atoms with Crippen molar-refractivity contribution in [3.63, 3.8) is 0 Å². The van der Waals surface area contributed by atoms with E-state index < -0.39 is 28.0 Å². The van der Waals surface area contributed by atoms with Crippen molar-refractivity contribution in [1.82, 2.24) is 20.2 Å². The van der Waals surface area contributed by atoms with E-state index in [1.165, 1.54) is 24.5 Å². The van der Waals surface area contributed by atoms with Crippen LogP contribution in [0.25, 0.3) is 0 Å². The molecule has 0 spiro atoms. The predicted molar refractivity (Wildman–Crippen MR) is 117 cm³/mol. The van der Waals surface area contributed by atoms with Gasteiger partial charge in [0.2, 0.25) is 5.95 Å². The van der Waals surface area contributed by atoms with E-state index in [-0.39, 0.29) is 35.7 Å². The summed E-state index contributed by atoms with van der Waals surface area (Å²) in [6, 6.07) is 3.20. The van der Waals surface area contributed by atoms with Crippen molar-refractivity contribution in [1.29, 1.82) is 0 Å². The van der Waals surface area contributed by atoms with Gasteiger partial charge in [0, 0.05) is 37.3 Å². The first-order valence-corrected chi connectivity index (χ1v) is 12.3. The maximum Gasteiger partial charge on any atom is 0.470 e. The molecule has 0 aliphatic carbocycles. The Bertz CT molecular complexity index is 1320. The number of aromatic nitrogens is 4. The van der Waals surface area contributed by atoms with Crippen LogP contribution >= 0.6 is 0 Å². The summed E-state index contributed by atoms with van der Waals surface area (Å²) in [5.41, 5.74) is 0.166. The van der Waals surface area contributed by atoms with Gasteiger partial charge in [-0.2, -0.15) is 21.6 Å². The first-order chi connectivity index (χ1) is 16.9. The lowest BCUT2D eigenvalue weighted by Crippen LogP contribution is -2.52. The molecular weight excluding hydrogens is 512 g/mol. The van der Waals surface area contributed by atoms with Crippen molar-refractivity contribution < 1.29 is 39.3 Å². The van der Waals surface area contributed by atoms with Crippen molar-refractivity contribution in [3.8, 4) is 11.5 Å². The van der Waals surface area contributed by atoms with E-state index in [1.54, 1.807) is 4.90 Å². The van der Waals surface area contributed by atoms with Crippen LogP contribution in [0, 0.1) is 5.82 Å². The highest BCUT2D eigenvalue weighted by Gasteiger charge is 2.39. The normalized spacial score (nSPS) is 16.8. The molecule has 36 heavy (non-hydrogen) atoms. The molecule has 4 rings (SSSR count). The molecule has 0 amide bonds. The van der Waals surface area contributed by atoms with Crippen LogP contribution in [0.1, 0.15) is 18.4 Å². The first-order valence-electron chi connectivity index (χ1n) is 10.4. The summed E-state index contributed by atoms with van der Waals surface area (Å²) in [4.78, 5) is 12.0. The second-order valence-electron chi connectivity index (χ2n) is 7.92. The molecule has 1 atom stereocenters. The van der Waals surface area contributed by atoms with Gasteiger partial charge in [0.1, 0.15) is 18.2 Å². The van der Waals surface area contributed by atoms with Gasteiger partial charge in [-0.25, -0.2) is 14.4 Å². The molecule has 1 aliphatic heterocycles. The Labute approximate surface area is 202 Å². The smallest absolute Gasteiger partial charge is 0.470 e. The summed E-state index contributed by atoms with van der Waals surface area (Å²) in [5, 5.41) is 6.53. The molecule has 11 nitrogen and oxygen atoms in total. The lowest BCUT2D eigenvalue weighted by atomic mass is 10.2. The first kappa shape index (κ1) is 25.4. The molecule has 1 fully saturated rings. The predicted octanol–water partition coefficient (Wildman–Crippen LogP) is 2.65. The van der Waals surface area contributed by atoms with Gasteiger partial charge in [0.25, 0.3) is 0 Å². The topological polar surface area (TPSA) is 124 Å². The summed E-state index contributed by atoms with van der Waals surface area (Å²) in [5.74, 6) is -1.61. The zero-order valence-electron chi connectivity index (χ0n) is 18.9. The van der Waals surface area contributed by atoms with E-state index in [4.69, 9.17) is 9.15 Å². The van der Waals surface area contributed by atoms with Crippen LogP contribution in [-0.2, 0) is 22.9 Å². The van der Waals surface area contributed by atoms with Crippen molar-refractivity contribution in [2.24, 2.45) is 0 Å². The van der Waals surface area contributed by atoms with Gasteiger partial charge >= 0.3 is 28.2 Å². The average Bonchev–Trinajstić information content (AvgIpc) is 3.29. The molecule has 3 aromatic rings. The lowest BCUT2D eigenvalue weighted by molar-refractivity contribution is -0.157. The monoisotopic (exact) mass is 532 g/mol. The highest BCUT2D eigenvalue weighted by molar-refractivity contribution is 7.86. The molecule has 16 heteroatoms. The quantitative estimate of drug-likeness (QED) is 0.330. The SMILES string of the molecule is C[C@@H]1CN(c2nnc(C(F)(F)F)o2)CCN1c1ncc(OCc2ccc(OS(C)(=O)=O)cc2F)cn1. The fraction of sp³-hybridized carbons (Fsp3) is 0.400. The third kappa shape index (κ3) is 6.10. The molecule has 2 aromatic heterocycles. The third-order valence-corrected chi connectivity index (χ3v) is 5.59. The van der Waals surface area contributed by atoms with Gasteiger partial charge < -0.3 is 23.1 Å². The summed E-state index contributed by atoms with van der Waals surface area (Å²) in [6.45, 7) is 2.69. The van der Waals surface area contributed by atoms with Crippen LogP contribution in [0.5, 0.6) is 11.5 Å². The molecule has 3 heterocycles. The summed E-state index contributed by atoms with van der Waals surface area (Å²) in [7, 11) is -3.77. The van der Waals surface area contributed by atoms with Crippen LogP contribution in [0.2, 0.25) is 0 Å². The van der Waals surface area contributed by atoms with Gasteiger partial charge in [-0.1, -0.05) is 5.10 Å². The minimum absolute atomic E-state index is 0.152. The molecule has 0 unspecified atom stereocenters. The molecule has 1 aliphatic rings. The van der Waals surface area contributed by atoms with Gasteiger partial charge in [-0.15, -0.1) is 5.10 Å². The number of rotatable bonds is 7. The highest BCUT2D eigenvalue weighted by Crippen LogP contribution is 2.30. The highest BCUT2D eigenvalue weighted by atomic mass is 32.2. The summed E-state index contributed by atoms with van der Waals surface area (Å²) < 4.78 is 89.5. The molecule has 0 N–H and O–H groups in total. The molecule has 1 saturated heterocycles. The van der Waals surface area contributed by atoms with E-state index >= 15 is 0 Å². The Morgan fingerprint density at radius 1 is 1.14 bits per heavy atom. The number of halogens is 4. The van der Waals surface area contributed by atoms with Crippen LogP contribution in [-0.4, -0.2) is 60.5 Å². The van der Waals surface area contributed by atoms with Gasteiger partial charge in [-0.3, -0.25) is 0 Å². The van der Waals surface area contributed by atoms with E-state index in [0.717, 1.165) is 12.3 Å². The second-order valence-corrected chi connectivity index (χ2v) is 9.50. The number of ether oxygens (including phenoxy) is 1. The van der Waals surface area contributed by atoms with Crippen LogP contribution < -0.4 is 18.7 Å². The zero-order chi connectivity index (χ0) is 26.1. The van der Waals surface area contributed by atoms with E-state index in [0.29, 0.717) is 25.6 Å². The number of hydrogen-bond acceptors (Lipinski definition) is 11. The minimum atomic E-state index is -4.71. The van der Waals surface area contributed by atoms with E-state index in [9.17, 15) is 26.0 Å². The van der Waals surface area contributed by atoms with Gasteiger partial charge in [-0.05, 0) is 19.1 Å². The number of anilines is 2. The Morgan fingerprint density at radius 2 is 1.86 bits per heavy atom. The standard InChI is InChI=1S/C20H20F4N6O5S/c1-12-10-29(19-28-27-17(34-19)20(22,23)24)5-6-30(12)18-25-8-15(9-26-18)33-11-13-3-4-14(7-16(13)21)35-36(2,31)32/h3-4,7-9,12H,5-6,10-11H2,1-2H3/t12-/m1/s1. The summed E-state index contributed by atoms with van der Waals surface area (Å²) >= 11 is 0. The Hall–Kier alpha value is -3.69. The molecule has 0 saturated carbocycles. The number of nitrogens with zero attached hydrogens (tertiary/aromatic N) is 6. The maximum atomic E-state index is 14.2. The van der Waals surface area contributed by atoms with Crippen LogP contribution in [0.15, 0.2) is 35.0 Å². The van der Waals surface area contributed by atoms with Gasteiger partial charge in [0.05, 0.1) is 18.6 Å². The Morgan fingerprint density at radius 3 is 2.44 bits per heavy atom. The number of piperazine rings is 1. The van der Waals surface area contributed by atoms with Crippen molar-refractivity contribution in [2.75, 3.05) is 35.7 Å². The van der Waals surface area contributed by atoms with Crippen molar-refractivity contribution >= 4 is 22.1 Å².